The van der Waals surface area contributed by atoms with E-state index < -0.39 is 6.10 Å². The minimum atomic E-state index is -0.689. The van der Waals surface area contributed by atoms with E-state index in [0.717, 1.165) is 19.3 Å². The number of hydrogen-bond donors (Lipinski definition) is 1. The Balaban J connectivity index is 2.18. The number of carbonyl (C=O) groups is 1. The normalized spacial score (nSPS) is 26.4. The van der Waals surface area contributed by atoms with Gasteiger partial charge in [-0.05, 0) is 12.8 Å². The van der Waals surface area contributed by atoms with Gasteiger partial charge in [-0.15, -0.1) is 0 Å². The Bertz CT molecular complexity index is 262. The molecule has 1 saturated carbocycles. The molecule has 1 N–H and O–H groups in total. The molecule has 0 radical (unpaired) electrons. The third-order valence-electron chi connectivity index (χ3n) is 5.02. The number of carbonyl (C=O) groups excluding carboxylic acids is 1. The van der Waals surface area contributed by atoms with Crippen LogP contribution in [-0.4, -0.2) is 17.0 Å². The van der Waals surface area contributed by atoms with Crippen LogP contribution in [0.3, 0.4) is 0 Å². The summed E-state index contributed by atoms with van der Waals surface area (Å²) in [5.41, 5.74) is 0. The Labute approximate surface area is 138 Å². The van der Waals surface area contributed by atoms with Gasteiger partial charge >= 0.3 is 0 Å². The highest BCUT2D eigenvalue weighted by Crippen LogP contribution is 2.16. The van der Waals surface area contributed by atoms with Gasteiger partial charge in [0.25, 0.3) is 0 Å². The van der Waals surface area contributed by atoms with Crippen LogP contribution < -0.4 is 0 Å². The van der Waals surface area contributed by atoms with Crippen molar-refractivity contribution >= 4 is 5.78 Å². The molecule has 130 valence electrons. The molecule has 1 aliphatic rings. The zero-order valence-electron chi connectivity index (χ0n) is 14.7. The molecule has 1 fully saturated rings. The SMILES string of the molecule is O=C1CCCCCCCCCCCCCCCCCCC1O. The topological polar surface area (TPSA) is 37.3 Å². The highest BCUT2D eigenvalue weighted by Gasteiger charge is 2.13. The molecule has 0 amide bonds. The Kier molecular flexibility index (Phi) is 12.7. The third-order valence-corrected chi connectivity index (χ3v) is 5.02. The number of rotatable bonds is 0. The first-order valence-corrected chi connectivity index (χ1v) is 10.0. The van der Waals surface area contributed by atoms with Crippen LogP contribution in [0.4, 0.5) is 0 Å². The summed E-state index contributed by atoms with van der Waals surface area (Å²) in [6.45, 7) is 0. The van der Waals surface area contributed by atoms with Crippen molar-refractivity contribution in [2.24, 2.45) is 0 Å². The fourth-order valence-corrected chi connectivity index (χ4v) is 3.44. The molecule has 0 aromatic heterocycles. The van der Waals surface area contributed by atoms with Crippen molar-refractivity contribution in [2.45, 2.75) is 122 Å². The van der Waals surface area contributed by atoms with Crippen LogP contribution in [0.2, 0.25) is 0 Å². The van der Waals surface area contributed by atoms with Gasteiger partial charge in [0, 0.05) is 6.42 Å². The van der Waals surface area contributed by atoms with Gasteiger partial charge in [0.15, 0.2) is 5.78 Å². The summed E-state index contributed by atoms with van der Waals surface area (Å²) in [5, 5.41) is 9.89. The number of aliphatic hydroxyl groups is 1. The van der Waals surface area contributed by atoms with Gasteiger partial charge in [0.05, 0.1) is 0 Å². The summed E-state index contributed by atoms with van der Waals surface area (Å²) in [6, 6.07) is 0. The third kappa shape index (κ3) is 11.2. The molecular weight excluding hydrogens is 272 g/mol. The Morgan fingerprint density at radius 2 is 0.864 bits per heavy atom. The smallest absolute Gasteiger partial charge is 0.161 e. The first kappa shape index (κ1) is 19.7. The Morgan fingerprint density at radius 3 is 1.27 bits per heavy atom. The standard InChI is InChI=1S/C20H38O2/c21-19-17-15-13-11-9-7-5-3-1-2-4-6-8-10-12-14-16-18-20(19)22/h19,21H,1-18H2. The number of aliphatic hydroxyl groups excluding tert-OH is 1. The average Bonchev–Trinajstić information content (AvgIpc) is 2.52. The zero-order chi connectivity index (χ0) is 15.9. The second kappa shape index (κ2) is 14.2. The summed E-state index contributed by atoms with van der Waals surface area (Å²) in [4.78, 5) is 11.8. The van der Waals surface area contributed by atoms with E-state index >= 15 is 0 Å². The lowest BCUT2D eigenvalue weighted by molar-refractivity contribution is -0.127. The van der Waals surface area contributed by atoms with Crippen LogP contribution in [-0.2, 0) is 4.79 Å². The Hall–Kier alpha value is -0.370. The van der Waals surface area contributed by atoms with E-state index in [1.807, 2.05) is 0 Å². The average molecular weight is 311 g/mol. The molecule has 0 aromatic rings. The predicted octanol–water partition coefficient (Wildman–Crippen LogP) is 5.95. The molecule has 2 heteroatoms. The highest BCUT2D eigenvalue weighted by molar-refractivity contribution is 5.82. The molecule has 1 unspecified atom stereocenters. The van der Waals surface area contributed by atoms with Crippen LogP contribution in [0, 0.1) is 0 Å². The van der Waals surface area contributed by atoms with Gasteiger partial charge in [0.2, 0.25) is 0 Å². The summed E-state index contributed by atoms with van der Waals surface area (Å²) in [6.07, 6.45) is 21.2. The van der Waals surface area contributed by atoms with Gasteiger partial charge in [-0.3, -0.25) is 4.79 Å². The highest BCUT2D eigenvalue weighted by atomic mass is 16.3. The van der Waals surface area contributed by atoms with Crippen molar-refractivity contribution in [2.75, 3.05) is 0 Å². The van der Waals surface area contributed by atoms with Crippen molar-refractivity contribution in [1.82, 2.24) is 0 Å². The first-order valence-electron chi connectivity index (χ1n) is 10.0. The minimum Gasteiger partial charge on any atom is -0.385 e. The molecule has 0 heterocycles. The lowest BCUT2D eigenvalue weighted by Gasteiger charge is -2.10. The maximum absolute atomic E-state index is 11.8. The molecule has 0 saturated heterocycles. The molecule has 0 bridgehead atoms. The fourth-order valence-electron chi connectivity index (χ4n) is 3.44. The van der Waals surface area contributed by atoms with Crippen molar-refractivity contribution in [3.05, 3.63) is 0 Å². The Morgan fingerprint density at radius 1 is 0.545 bits per heavy atom. The summed E-state index contributed by atoms with van der Waals surface area (Å²) < 4.78 is 0. The van der Waals surface area contributed by atoms with Crippen LogP contribution in [0.15, 0.2) is 0 Å². The first-order chi connectivity index (χ1) is 10.8. The van der Waals surface area contributed by atoms with Gasteiger partial charge in [-0.1, -0.05) is 96.3 Å². The summed E-state index contributed by atoms with van der Waals surface area (Å²) in [7, 11) is 0. The molecule has 0 aromatic carbocycles. The van der Waals surface area contributed by atoms with E-state index in [4.69, 9.17) is 0 Å². The second-order valence-corrected chi connectivity index (χ2v) is 7.18. The van der Waals surface area contributed by atoms with E-state index in [9.17, 15) is 9.90 Å². The zero-order valence-corrected chi connectivity index (χ0v) is 14.7. The molecule has 0 aliphatic heterocycles. The monoisotopic (exact) mass is 310 g/mol. The van der Waals surface area contributed by atoms with Gasteiger partial charge < -0.3 is 5.11 Å². The predicted molar refractivity (Wildman–Crippen MR) is 94.1 cm³/mol. The molecule has 1 aliphatic carbocycles. The van der Waals surface area contributed by atoms with Crippen LogP contribution in [0.25, 0.3) is 0 Å². The fraction of sp³-hybridized carbons (Fsp3) is 0.950. The quantitative estimate of drug-likeness (QED) is 0.600. The van der Waals surface area contributed by atoms with Gasteiger partial charge in [-0.25, -0.2) is 0 Å². The molecular formula is C20H38O2. The summed E-state index contributed by atoms with van der Waals surface area (Å²) >= 11 is 0. The maximum atomic E-state index is 11.8. The van der Waals surface area contributed by atoms with Crippen molar-refractivity contribution in [1.29, 1.82) is 0 Å². The van der Waals surface area contributed by atoms with E-state index in [1.54, 1.807) is 0 Å². The van der Waals surface area contributed by atoms with Crippen molar-refractivity contribution in [3.63, 3.8) is 0 Å². The van der Waals surface area contributed by atoms with Crippen LogP contribution in [0.5, 0.6) is 0 Å². The van der Waals surface area contributed by atoms with E-state index in [2.05, 4.69) is 0 Å². The van der Waals surface area contributed by atoms with Crippen LogP contribution in [0.1, 0.15) is 116 Å². The molecule has 2 nitrogen and oxygen atoms in total. The molecule has 1 rings (SSSR count). The van der Waals surface area contributed by atoms with Gasteiger partial charge in [0.1, 0.15) is 6.10 Å². The van der Waals surface area contributed by atoms with E-state index in [0.29, 0.717) is 12.8 Å². The minimum absolute atomic E-state index is 0.0782. The van der Waals surface area contributed by atoms with Crippen LogP contribution >= 0.6 is 0 Å². The maximum Gasteiger partial charge on any atom is 0.161 e. The summed E-state index contributed by atoms with van der Waals surface area (Å²) in [5.74, 6) is 0.0782. The lowest BCUT2D eigenvalue weighted by atomic mass is 9.99. The number of hydrogen-bond acceptors (Lipinski definition) is 2. The number of Topliss-reactive ketones (excluding diaryl/α,β-unsaturated/α-hetero) is 1. The second-order valence-electron chi connectivity index (χ2n) is 7.18. The molecule has 1 atom stereocenters. The largest absolute Gasteiger partial charge is 0.385 e. The van der Waals surface area contributed by atoms with Gasteiger partial charge in [-0.2, -0.15) is 0 Å². The van der Waals surface area contributed by atoms with Crippen molar-refractivity contribution < 1.29 is 9.90 Å². The van der Waals surface area contributed by atoms with Crippen molar-refractivity contribution in [3.8, 4) is 0 Å². The van der Waals surface area contributed by atoms with E-state index in [1.165, 1.54) is 83.5 Å². The van der Waals surface area contributed by atoms with E-state index in [-0.39, 0.29) is 5.78 Å². The number of ketones is 1. The lowest BCUT2D eigenvalue weighted by Crippen LogP contribution is -2.19. The molecule has 0 spiro atoms. The molecule has 22 heavy (non-hydrogen) atoms.